The maximum Gasteiger partial charge on any atom is 0.289 e. The molecular weight excluding hydrogens is 372 g/mol. The molecule has 0 spiro atoms. The minimum Gasteiger partial charge on any atom is -0.455 e. The fourth-order valence-corrected chi connectivity index (χ4v) is 4.23. The second kappa shape index (κ2) is 8.84. The minimum absolute atomic E-state index is 0.0875. The van der Waals surface area contributed by atoms with E-state index < -0.39 is 10.8 Å². The number of nitrogens with zero attached hydrogens (tertiary/aromatic N) is 2. The van der Waals surface area contributed by atoms with Crippen LogP contribution in [0.3, 0.4) is 0 Å². The number of carbonyl (C=O) groups excluding carboxylic acids is 1. The van der Waals surface area contributed by atoms with Gasteiger partial charge in [-0.3, -0.25) is 9.00 Å². The van der Waals surface area contributed by atoms with Crippen molar-refractivity contribution in [2.24, 2.45) is 0 Å². The van der Waals surface area contributed by atoms with Crippen LogP contribution in [0.2, 0.25) is 5.02 Å². The van der Waals surface area contributed by atoms with Gasteiger partial charge in [0.1, 0.15) is 5.76 Å². The van der Waals surface area contributed by atoms with Crippen molar-refractivity contribution in [3.63, 3.8) is 0 Å². The molecule has 7 heteroatoms. The molecule has 1 fully saturated rings. The highest BCUT2D eigenvalue weighted by Gasteiger charge is 2.23. The first-order chi connectivity index (χ1) is 12.5. The van der Waals surface area contributed by atoms with Gasteiger partial charge in [-0.1, -0.05) is 30.7 Å². The van der Waals surface area contributed by atoms with Gasteiger partial charge in [-0.15, -0.1) is 0 Å². The average Bonchev–Trinajstić information content (AvgIpc) is 3.11. The van der Waals surface area contributed by atoms with Crippen molar-refractivity contribution < 1.29 is 13.4 Å². The van der Waals surface area contributed by atoms with Gasteiger partial charge in [0.05, 0.1) is 5.75 Å². The average molecular weight is 395 g/mol. The Balaban J connectivity index is 1.54. The normalized spacial score (nSPS) is 16.6. The Morgan fingerprint density at radius 1 is 1.08 bits per heavy atom. The van der Waals surface area contributed by atoms with E-state index in [4.69, 9.17) is 16.0 Å². The molecule has 1 aliphatic rings. The molecule has 1 saturated heterocycles. The third-order valence-corrected chi connectivity index (χ3v) is 6.04. The molecule has 0 radical (unpaired) electrons. The van der Waals surface area contributed by atoms with Gasteiger partial charge in [-0.05, 0) is 36.4 Å². The molecule has 1 unspecified atom stereocenters. The molecule has 26 heavy (non-hydrogen) atoms. The minimum atomic E-state index is -1.11. The van der Waals surface area contributed by atoms with Gasteiger partial charge in [0.15, 0.2) is 5.76 Å². The monoisotopic (exact) mass is 394 g/mol. The highest BCUT2D eigenvalue weighted by Crippen LogP contribution is 2.16. The summed E-state index contributed by atoms with van der Waals surface area (Å²) in [6, 6.07) is 10.7. The number of amides is 1. The quantitative estimate of drug-likeness (QED) is 0.755. The largest absolute Gasteiger partial charge is 0.455 e. The van der Waals surface area contributed by atoms with Gasteiger partial charge in [-0.2, -0.15) is 0 Å². The maximum absolute atomic E-state index is 12.5. The van der Waals surface area contributed by atoms with Crippen molar-refractivity contribution in [2.45, 2.75) is 18.4 Å². The molecule has 1 amide bonds. The molecule has 0 N–H and O–H groups in total. The van der Waals surface area contributed by atoms with Crippen LogP contribution >= 0.6 is 11.6 Å². The number of piperazine rings is 1. The number of halogens is 1. The summed E-state index contributed by atoms with van der Waals surface area (Å²) in [5.74, 6) is 1.54. The number of rotatable bonds is 6. The van der Waals surface area contributed by atoms with Crippen LogP contribution in [0, 0.1) is 0 Å². The maximum atomic E-state index is 12.5. The molecule has 0 saturated carbocycles. The third-order valence-electron chi connectivity index (χ3n) is 4.52. The Labute approximate surface area is 161 Å². The molecule has 0 aliphatic carbocycles. The molecule has 1 atom stereocenters. The molecule has 1 aliphatic heterocycles. The predicted octanol–water partition coefficient (Wildman–Crippen LogP) is 3.16. The molecule has 5 nitrogen and oxygen atoms in total. The van der Waals surface area contributed by atoms with Crippen LogP contribution in [-0.2, 0) is 22.3 Å². The van der Waals surface area contributed by atoms with Crippen molar-refractivity contribution in [1.29, 1.82) is 0 Å². The Kier molecular flexibility index (Phi) is 6.51. The summed E-state index contributed by atoms with van der Waals surface area (Å²) < 4.78 is 18.0. The van der Waals surface area contributed by atoms with Crippen LogP contribution in [0.25, 0.3) is 0 Å². The van der Waals surface area contributed by atoms with E-state index >= 15 is 0 Å². The second-order valence-electron chi connectivity index (χ2n) is 6.35. The molecule has 1 aromatic carbocycles. The number of likely N-dealkylation sites (N-methyl/N-ethyl adjacent to an activating group) is 1. The Morgan fingerprint density at radius 2 is 1.77 bits per heavy atom. The van der Waals surface area contributed by atoms with Crippen molar-refractivity contribution in [2.75, 3.05) is 32.7 Å². The lowest BCUT2D eigenvalue weighted by Crippen LogP contribution is -2.48. The fourth-order valence-electron chi connectivity index (χ4n) is 2.97. The number of furan rings is 1. The van der Waals surface area contributed by atoms with E-state index in [0.717, 1.165) is 25.2 Å². The fraction of sp³-hybridized carbons (Fsp3) is 0.421. The molecule has 2 heterocycles. The van der Waals surface area contributed by atoms with E-state index in [9.17, 15) is 9.00 Å². The van der Waals surface area contributed by atoms with Crippen LogP contribution < -0.4 is 0 Å². The van der Waals surface area contributed by atoms with Crippen molar-refractivity contribution in [3.8, 4) is 0 Å². The first kappa shape index (κ1) is 19.1. The second-order valence-corrected chi connectivity index (χ2v) is 8.24. The SMILES string of the molecule is CCN1CCN(C(=O)c2ccc(CS(=O)Cc3ccc(Cl)cc3)o2)CC1. The van der Waals surface area contributed by atoms with E-state index in [1.807, 2.05) is 17.0 Å². The predicted molar refractivity (Wildman–Crippen MR) is 104 cm³/mol. The van der Waals surface area contributed by atoms with E-state index in [2.05, 4.69) is 11.8 Å². The number of benzene rings is 1. The first-order valence-corrected chi connectivity index (χ1v) is 10.6. The summed E-state index contributed by atoms with van der Waals surface area (Å²) in [4.78, 5) is 16.7. The van der Waals surface area contributed by atoms with Crippen LogP contribution in [0.5, 0.6) is 0 Å². The molecule has 140 valence electrons. The Bertz CT molecular complexity index is 767. The highest BCUT2D eigenvalue weighted by molar-refractivity contribution is 7.83. The zero-order valence-electron chi connectivity index (χ0n) is 14.8. The summed E-state index contributed by atoms with van der Waals surface area (Å²) in [6.07, 6.45) is 0. The van der Waals surface area contributed by atoms with Gasteiger partial charge >= 0.3 is 0 Å². The van der Waals surface area contributed by atoms with Gasteiger partial charge in [0.25, 0.3) is 5.91 Å². The standard InChI is InChI=1S/C19H23ClN2O3S/c1-2-21-9-11-22(12-10-21)19(23)18-8-7-17(25-18)14-26(24)13-15-3-5-16(20)6-4-15/h3-8H,2,9-14H2,1H3. The third kappa shape index (κ3) is 4.96. The van der Waals surface area contributed by atoms with Crippen molar-refractivity contribution in [1.82, 2.24) is 9.80 Å². The number of hydrogen-bond acceptors (Lipinski definition) is 4. The molecular formula is C19H23ClN2O3S. The van der Waals surface area contributed by atoms with E-state index in [0.29, 0.717) is 41.1 Å². The summed E-state index contributed by atoms with van der Waals surface area (Å²) in [6.45, 7) is 6.34. The van der Waals surface area contributed by atoms with E-state index in [1.54, 1.807) is 24.3 Å². The first-order valence-electron chi connectivity index (χ1n) is 8.75. The van der Waals surface area contributed by atoms with Gasteiger partial charge in [0.2, 0.25) is 0 Å². The molecule has 2 aromatic rings. The zero-order valence-corrected chi connectivity index (χ0v) is 16.4. The van der Waals surface area contributed by atoms with Gasteiger partial charge in [0, 0.05) is 47.8 Å². The van der Waals surface area contributed by atoms with E-state index in [1.165, 1.54) is 0 Å². The smallest absolute Gasteiger partial charge is 0.289 e. The Morgan fingerprint density at radius 3 is 2.42 bits per heavy atom. The lowest BCUT2D eigenvalue weighted by Gasteiger charge is -2.33. The van der Waals surface area contributed by atoms with E-state index in [-0.39, 0.29) is 5.91 Å². The topological polar surface area (TPSA) is 53.8 Å². The van der Waals surface area contributed by atoms with Gasteiger partial charge < -0.3 is 14.2 Å². The summed E-state index contributed by atoms with van der Waals surface area (Å²) in [5.41, 5.74) is 0.962. The lowest BCUT2D eigenvalue weighted by atomic mass is 10.2. The number of carbonyl (C=O) groups is 1. The highest BCUT2D eigenvalue weighted by atomic mass is 35.5. The van der Waals surface area contributed by atoms with Crippen LogP contribution in [0.1, 0.15) is 28.8 Å². The Hall–Kier alpha value is -1.63. The molecule has 3 rings (SSSR count). The lowest BCUT2D eigenvalue weighted by molar-refractivity contribution is 0.0611. The van der Waals surface area contributed by atoms with Crippen molar-refractivity contribution in [3.05, 3.63) is 58.5 Å². The van der Waals surface area contributed by atoms with Crippen LogP contribution in [0.15, 0.2) is 40.8 Å². The van der Waals surface area contributed by atoms with Crippen LogP contribution in [-0.4, -0.2) is 52.6 Å². The molecule has 0 bridgehead atoms. The summed E-state index contributed by atoms with van der Waals surface area (Å²) in [7, 11) is -1.11. The summed E-state index contributed by atoms with van der Waals surface area (Å²) >= 11 is 5.86. The number of hydrogen-bond donors (Lipinski definition) is 0. The zero-order chi connectivity index (χ0) is 18.5. The van der Waals surface area contributed by atoms with Crippen LogP contribution in [0.4, 0.5) is 0 Å². The summed E-state index contributed by atoms with van der Waals surface area (Å²) in [5, 5.41) is 0.661. The van der Waals surface area contributed by atoms with Crippen molar-refractivity contribution >= 4 is 28.3 Å². The van der Waals surface area contributed by atoms with Gasteiger partial charge in [-0.25, -0.2) is 0 Å². The molecule has 1 aromatic heterocycles.